The maximum absolute atomic E-state index is 12.2. The molecule has 3 fully saturated rings. The molecule has 8 heteroatoms. The minimum absolute atomic E-state index is 0.0713. The van der Waals surface area contributed by atoms with Crippen molar-refractivity contribution in [3.63, 3.8) is 0 Å². The van der Waals surface area contributed by atoms with Gasteiger partial charge < -0.3 is 29.8 Å². The SMILES string of the molecule is O=C(N[C@@H]1CCCC[C@@H]1CN1CCCCC1)OCc1ccccc1.O=C[C@H]1CCCC[C@H]1NC(=O)OCc1ccccc1. The van der Waals surface area contributed by atoms with Crippen molar-refractivity contribution >= 4 is 18.5 Å². The molecule has 2 aromatic rings. The van der Waals surface area contributed by atoms with Gasteiger partial charge in [0.25, 0.3) is 0 Å². The minimum Gasteiger partial charge on any atom is -0.445 e. The molecule has 1 aliphatic heterocycles. The highest BCUT2D eigenvalue weighted by Gasteiger charge is 2.29. The van der Waals surface area contributed by atoms with E-state index in [1.165, 1.54) is 51.6 Å². The van der Waals surface area contributed by atoms with Crippen LogP contribution in [0.25, 0.3) is 0 Å². The first-order valence-electron chi connectivity index (χ1n) is 16.2. The molecular formula is C35H49N3O5. The van der Waals surface area contributed by atoms with Crippen LogP contribution in [-0.4, -0.2) is 55.1 Å². The first-order chi connectivity index (χ1) is 21.1. The lowest BCUT2D eigenvalue weighted by molar-refractivity contribution is -0.112. The van der Waals surface area contributed by atoms with Crippen molar-refractivity contribution in [2.75, 3.05) is 19.6 Å². The highest BCUT2D eigenvalue weighted by molar-refractivity contribution is 5.69. The van der Waals surface area contributed by atoms with E-state index >= 15 is 0 Å². The van der Waals surface area contributed by atoms with Gasteiger partial charge in [0, 0.05) is 24.5 Å². The zero-order valence-electron chi connectivity index (χ0n) is 25.5. The summed E-state index contributed by atoms with van der Waals surface area (Å²) in [6.45, 7) is 4.17. The van der Waals surface area contributed by atoms with Gasteiger partial charge in [0.1, 0.15) is 19.5 Å². The van der Waals surface area contributed by atoms with Crippen molar-refractivity contribution in [2.24, 2.45) is 11.8 Å². The van der Waals surface area contributed by atoms with Gasteiger partial charge in [0.05, 0.1) is 0 Å². The zero-order chi connectivity index (χ0) is 30.1. The Morgan fingerprint density at radius 2 is 1.19 bits per heavy atom. The van der Waals surface area contributed by atoms with Gasteiger partial charge in [-0.15, -0.1) is 0 Å². The number of carbonyl (C=O) groups is 3. The van der Waals surface area contributed by atoms with Crippen LogP contribution >= 0.6 is 0 Å². The Hall–Kier alpha value is -3.39. The van der Waals surface area contributed by atoms with E-state index in [9.17, 15) is 14.4 Å². The molecule has 2 aromatic carbocycles. The van der Waals surface area contributed by atoms with Crippen LogP contribution in [0.1, 0.15) is 81.8 Å². The van der Waals surface area contributed by atoms with E-state index in [0.717, 1.165) is 56.1 Å². The van der Waals surface area contributed by atoms with E-state index in [-0.39, 0.29) is 30.7 Å². The lowest BCUT2D eigenvalue weighted by Gasteiger charge is -2.37. The third-order valence-corrected chi connectivity index (χ3v) is 8.88. The molecule has 0 spiro atoms. The summed E-state index contributed by atoms with van der Waals surface area (Å²) in [7, 11) is 0. The minimum atomic E-state index is -0.442. The van der Waals surface area contributed by atoms with Crippen LogP contribution in [0.5, 0.6) is 0 Å². The highest BCUT2D eigenvalue weighted by atomic mass is 16.6. The molecule has 2 saturated carbocycles. The Kier molecular flexibility index (Phi) is 13.9. The molecule has 2 amide bonds. The summed E-state index contributed by atoms with van der Waals surface area (Å²) in [6.07, 6.45) is 12.9. The molecule has 8 nitrogen and oxygen atoms in total. The number of ether oxygens (including phenoxy) is 2. The van der Waals surface area contributed by atoms with Crippen molar-refractivity contribution in [2.45, 2.75) is 95.9 Å². The van der Waals surface area contributed by atoms with Crippen LogP contribution in [0.15, 0.2) is 60.7 Å². The fraction of sp³-hybridized carbons (Fsp3) is 0.571. The molecule has 0 bridgehead atoms. The van der Waals surface area contributed by atoms with E-state index < -0.39 is 6.09 Å². The predicted octanol–water partition coefficient (Wildman–Crippen LogP) is 6.63. The van der Waals surface area contributed by atoms with Gasteiger partial charge in [-0.25, -0.2) is 9.59 Å². The van der Waals surface area contributed by atoms with Gasteiger partial charge in [-0.05, 0) is 68.7 Å². The van der Waals surface area contributed by atoms with Crippen LogP contribution in [0.4, 0.5) is 9.59 Å². The Balaban J connectivity index is 0.000000203. The van der Waals surface area contributed by atoms with E-state index in [2.05, 4.69) is 15.5 Å². The second-order valence-electron chi connectivity index (χ2n) is 12.1. The van der Waals surface area contributed by atoms with Crippen LogP contribution in [0, 0.1) is 11.8 Å². The van der Waals surface area contributed by atoms with Gasteiger partial charge in [-0.1, -0.05) is 92.8 Å². The number of benzene rings is 2. The van der Waals surface area contributed by atoms with Crippen molar-refractivity contribution < 1.29 is 23.9 Å². The number of rotatable bonds is 9. The average Bonchev–Trinajstić information content (AvgIpc) is 3.06. The Bertz CT molecular complexity index is 1090. The maximum atomic E-state index is 12.2. The van der Waals surface area contributed by atoms with Gasteiger partial charge >= 0.3 is 12.2 Å². The fourth-order valence-corrected chi connectivity index (χ4v) is 6.42. The standard InChI is InChI=1S/C20H30N2O2.C15H19NO3/c23-20(24-16-17-9-3-1-4-10-17)21-19-12-6-5-11-18(19)15-22-13-7-2-8-14-22;17-10-13-8-4-5-9-14(13)16-15(18)19-11-12-6-2-1-3-7-12/h1,3-4,9-10,18-19H,2,5-8,11-16H2,(H,21,23);1-3,6-7,10,13-14H,4-5,8-9,11H2,(H,16,18)/t18-,19-;13-,14-/m11/s1. The number of hydrogen-bond donors (Lipinski definition) is 2. The molecule has 2 N–H and O–H groups in total. The summed E-state index contributed by atoms with van der Waals surface area (Å²) >= 11 is 0. The molecule has 2 aliphatic carbocycles. The summed E-state index contributed by atoms with van der Waals surface area (Å²) in [4.78, 5) is 37.4. The maximum Gasteiger partial charge on any atom is 0.407 e. The molecule has 5 rings (SSSR count). The van der Waals surface area contributed by atoms with E-state index in [4.69, 9.17) is 9.47 Å². The molecule has 4 atom stereocenters. The number of aldehydes is 1. The van der Waals surface area contributed by atoms with E-state index in [1.807, 2.05) is 60.7 Å². The fourth-order valence-electron chi connectivity index (χ4n) is 6.42. The number of alkyl carbamates (subject to hydrolysis) is 2. The summed E-state index contributed by atoms with van der Waals surface area (Å²) in [5, 5.41) is 5.94. The summed E-state index contributed by atoms with van der Waals surface area (Å²) < 4.78 is 10.6. The highest BCUT2D eigenvalue weighted by Crippen LogP contribution is 2.27. The molecule has 234 valence electrons. The van der Waals surface area contributed by atoms with Crippen LogP contribution in [0.3, 0.4) is 0 Å². The average molecular weight is 592 g/mol. The lowest BCUT2D eigenvalue weighted by Crippen LogP contribution is -2.47. The molecular weight excluding hydrogens is 542 g/mol. The molecule has 0 unspecified atom stereocenters. The number of carbonyl (C=O) groups excluding carboxylic acids is 3. The van der Waals surface area contributed by atoms with Gasteiger partial charge in [-0.2, -0.15) is 0 Å². The van der Waals surface area contributed by atoms with Crippen molar-refractivity contribution in [3.05, 3.63) is 71.8 Å². The van der Waals surface area contributed by atoms with E-state index in [0.29, 0.717) is 12.5 Å². The Morgan fingerprint density at radius 3 is 1.77 bits per heavy atom. The van der Waals surface area contributed by atoms with Crippen LogP contribution in [0.2, 0.25) is 0 Å². The van der Waals surface area contributed by atoms with E-state index in [1.54, 1.807) is 0 Å². The monoisotopic (exact) mass is 591 g/mol. The zero-order valence-corrected chi connectivity index (χ0v) is 25.5. The second-order valence-corrected chi connectivity index (χ2v) is 12.1. The smallest absolute Gasteiger partial charge is 0.407 e. The second kappa shape index (κ2) is 18.3. The van der Waals surface area contributed by atoms with Crippen LogP contribution in [-0.2, 0) is 27.5 Å². The first-order valence-corrected chi connectivity index (χ1v) is 16.2. The summed E-state index contributed by atoms with van der Waals surface area (Å²) in [6, 6.07) is 19.6. The third kappa shape index (κ3) is 11.7. The van der Waals surface area contributed by atoms with Gasteiger partial charge in [0.2, 0.25) is 0 Å². The number of hydrogen-bond acceptors (Lipinski definition) is 6. The number of amides is 2. The quantitative estimate of drug-likeness (QED) is 0.318. The Morgan fingerprint density at radius 1 is 0.674 bits per heavy atom. The third-order valence-electron chi connectivity index (χ3n) is 8.88. The normalized spacial score (nSPS) is 24.0. The predicted molar refractivity (Wildman–Crippen MR) is 167 cm³/mol. The number of nitrogens with one attached hydrogen (secondary N) is 2. The first kappa shape index (κ1) is 32.5. The number of piperidine rings is 1. The Labute approximate surface area is 256 Å². The van der Waals surface area contributed by atoms with Crippen molar-refractivity contribution in [1.82, 2.24) is 15.5 Å². The molecule has 0 aromatic heterocycles. The van der Waals surface area contributed by atoms with Crippen molar-refractivity contribution in [3.8, 4) is 0 Å². The molecule has 1 saturated heterocycles. The van der Waals surface area contributed by atoms with Gasteiger partial charge in [-0.3, -0.25) is 0 Å². The van der Waals surface area contributed by atoms with Gasteiger partial charge in [0.15, 0.2) is 0 Å². The number of likely N-dealkylation sites (tertiary alicyclic amines) is 1. The topological polar surface area (TPSA) is 97.0 Å². The molecule has 3 aliphatic rings. The molecule has 0 radical (unpaired) electrons. The largest absolute Gasteiger partial charge is 0.445 e. The molecule has 43 heavy (non-hydrogen) atoms. The number of nitrogens with zero attached hydrogens (tertiary/aromatic N) is 1. The molecule has 1 heterocycles. The summed E-state index contributed by atoms with van der Waals surface area (Å²) in [5.41, 5.74) is 1.98. The van der Waals surface area contributed by atoms with Crippen LogP contribution < -0.4 is 10.6 Å². The lowest BCUT2D eigenvalue weighted by atomic mass is 9.84. The van der Waals surface area contributed by atoms with Crippen molar-refractivity contribution in [1.29, 1.82) is 0 Å². The summed E-state index contributed by atoms with van der Waals surface area (Å²) in [5.74, 6) is 0.499.